The van der Waals surface area contributed by atoms with Gasteiger partial charge in [0, 0.05) is 42.0 Å². The third-order valence-electron chi connectivity index (χ3n) is 4.93. The number of benzene rings is 1. The highest BCUT2D eigenvalue weighted by atomic mass is 19.1. The molecule has 7 nitrogen and oxygen atoms in total. The van der Waals surface area contributed by atoms with Crippen LogP contribution in [0.25, 0.3) is 27.7 Å². The molecule has 168 valence electrons. The average Bonchev–Trinajstić information content (AvgIpc) is 3.21. The van der Waals surface area contributed by atoms with Crippen LogP contribution in [0.15, 0.2) is 43.0 Å². The summed E-state index contributed by atoms with van der Waals surface area (Å²) < 4.78 is 20.7. The van der Waals surface area contributed by atoms with Crippen LogP contribution in [0.5, 0.6) is 5.75 Å². The van der Waals surface area contributed by atoms with Crippen molar-refractivity contribution in [3.05, 3.63) is 54.4 Å². The number of halogens is 1. The number of Topliss-reactive ketones (excluding diaryl/α,β-unsaturated/α-hetero) is 1. The molecule has 1 aromatic carbocycles. The van der Waals surface area contributed by atoms with Crippen molar-refractivity contribution in [1.29, 1.82) is 0 Å². The maximum absolute atomic E-state index is 13.9. The number of rotatable bonds is 7. The van der Waals surface area contributed by atoms with E-state index in [1.165, 1.54) is 13.2 Å². The third-order valence-corrected chi connectivity index (χ3v) is 4.93. The second-order valence-corrected chi connectivity index (χ2v) is 7.39. The first-order valence-electron chi connectivity index (χ1n) is 10.6. The summed E-state index contributed by atoms with van der Waals surface area (Å²) in [6, 6.07) is 4.91. The number of carbonyl (C=O) groups excluding carboxylic acids is 1. The maximum atomic E-state index is 13.9. The number of nitrogens with zero attached hydrogens (tertiary/aromatic N) is 4. The highest BCUT2D eigenvalue weighted by Gasteiger charge is 2.14. The molecule has 4 aromatic rings. The summed E-state index contributed by atoms with van der Waals surface area (Å²) in [7, 11) is 1.44. The van der Waals surface area contributed by atoms with E-state index in [-0.39, 0.29) is 5.75 Å². The van der Waals surface area contributed by atoms with Crippen LogP contribution < -0.4 is 10.1 Å². The fraction of sp³-hybridized carbons (Fsp3) is 0.333. The van der Waals surface area contributed by atoms with Gasteiger partial charge in [0.1, 0.15) is 5.78 Å². The molecule has 0 saturated carbocycles. The number of carbonyl (C=O) groups is 1. The lowest BCUT2D eigenvalue weighted by atomic mass is 10.0. The van der Waals surface area contributed by atoms with Crippen LogP contribution >= 0.6 is 0 Å². The summed E-state index contributed by atoms with van der Waals surface area (Å²) in [4.78, 5) is 19.3. The van der Waals surface area contributed by atoms with Crippen LogP contribution in [0.3, 0.4) is 0 Å². The van der Waals surface area contributed by atoms with Gasteiger partial charge in [-0.15, -0.1) is 0 Å². The Balaban J connectivity index is 0.000000275. The first-order valence-corrected chi connectivity index (χ1v) is 10.6. The van der Waals surface area contributed by atoms with Gasteiger partial charge >= 0.3 is 0 Å². The van der Waals surface area contributed by atoms with Gasteiger partial charge < -0.3 is 10.1 Å². The Morgan fingerprint density at radius 1 is 1.19 bits per heavy atom. The number of methoxy groups -OCH3 is 1. The van der Waals surface area contributed by atoms with Crippen molar-refractivity contribution < 1.29 is 13.9 Å². The van der Waals surface area contributed by atoms with E-state index >= 15 is 0 Å². The molecule has 32 heavy (non-hydrogen) atoms. The molecule has 3 aromatic heterocycles. The lowest BCUT2D eigenvalue weighted by Gasteiger charge is -2.08. The van der Waals surface area contributed by atoms with E-state index in [4.69, 9.17) is 4.74 Å². The average molecular weight is 438 g/mol. The van der Waals surface area contributed by atoms with Crippen LogP contribution in [-0.2, 0) is 4.79 Å². The van der Waals surface area contributed by atoms with Gasteiger partial charge in [-0.2, -0.15) is 5.10 Å². The van der Waals surface area contributed by atoms with E-state index in [1.54, 1.807) is 29.2 Å². The zero-order valence-corrected chi connectivity index (χ0v) is 18.9. The van der Waals surface area contributed by atoms with Crippen LogP contribution in [0.4, 0.5) is 4.39 Å². The molecule has 8 heteroatoms. The highest BCUT2D eigenvalue weighted by Crippen LogP contribution is 2.33. The smallest absolute Gasteiger partial charge is 0.167 e. The molecule has 0 aliphatic carbocycles. The molecular formula is C24H28FN5O2. The fourth-order valence-electron chi connectivity index (χ4n) is 3.23. The molecule has 0 bridgehead atoms. The summed E-state index contributed by atoms with van der Waals surface area (Å²) in [5.41, 5.74) is 4.08. The van der Waals surface area contributed by atoms with Crippen LogP contribution in [-0.4, -0.2) is 45.6 Å². The predicted molar refractivity (Wildman–Crippen MR) is 123 cm³/mol. The van der Waals surface area contributed by atoms with Crippen molar-refractivity contribution in [1.82, 2.24) is 24.9 Å². The molecule has 0 aliphatic rings. The SMILES string of the molecule is CCCNCC(=O)CC.COc1cc2c(-c3cnn4cc(C)cnc34)ccnc2cc1F. The number of pyridine rings is 1. The number of nitrogens with one attached hydrogen (secondary N) is 1. The summed E-state index contributed by atoms with van der Waals surface area (Å²) in [6.45, 7) is 7.43. The van der Waals surface area contributed by atoms with Gasteiger partial charge in [0.25, 0.3) is 0 Å². The molecule has 0 aliphatic heterocycles. The zero-order chi connectivity index (χ0) is 23.1. The van der Waals surface area contributed by atoms with E-state index < -0.39 is 5.82 Å². The number of fused-ring (bicyclic) bond motifs is 2. The van der Waals surface area contributed by atoms with Gasteiger partial charge in [-0.05, 0) is 43.1 Å². The maximum Gasteiger partial charge on any atom is 0.167 e. The largest absolute Gasteiger partial charge is 0.494 e. The molecule has 0 radical (unpaired) electrons. The van der Waals surface area contributed by atoms with E-state index in [2.05, 4.69) is 27.3 Å². The van der Waals surface area contributed by atoms with Gasteiger partial charge in [0.05, 0.1) is 25.4 Å². The summed E-state index contributed by atoms with van der Waals surface area (Å²) in [5, 5.41) is 8.18. The molecule has 0 fully saturated rings. The number of hydrogen-bond donors (Lipinski definition) is 1. The zero-order valence-electron chi connectivity index (χ0n) is 18.9. The predicted octanol–water partition coefficient (Wildman–Crippen LogP) is 4.37. The molecular weight excluding hydrogens is 409 g/mol. The number of ketones is 1. The molecule has 1 N–H and O–H groups in total. The quantitative estimate of drug-likeness (QED) is 0.433. The fourth-order valence-corrected chi connectivity index (χ4v) is 3.23. The van der Waals surface area contributed by atoms with Crippen molar-refractivity contribution >= 4 is 22.3 Å². The minimum Gasteiger partial charge on any atom is -0.494 e. The van der Waals surface area contributed by atoms with Gasteiger partial charge in [0.15, 0.2) is 17.2 Å². The van der Waals surface area contributed by atoms with Crippen molar-refractivity contribution in [3.8, 4) is 16.9 Å². The van der Waals surface area contributed by atoms with Gasteiger partial charge in [-0.1, -0.05) is 13.8 Å². The Kier molecular flexibility index (Phi) is 7.83. The second kappa shape index (κ2) is 10.8. The van der Waals surface area contributed by atoms with Crippen LogP contribution in [0.2, 0.25) is 0 Å². The van der Waals surface area contributed by atoms with E-state index in [1.807, 2.05) is 26.1 Å². The topological polar surface area (TPSA) is 81.4 Å². The highest BCUT2D eigenvalue weighted by molar-refractivity contribution is 5.98. The lowest BCUT2D eigenvalue weighted by Crippen LogP contribution is -2.22. The standard InChI is InChI=1S/C17H13FN4O.C7H15NO/c1-10-7-20-17-13(8-21-22(17)9-10)11-3-4-19-15-6-14(18)16(23-2)5-12(11)15;1-3-5-8-6-7(9)4-2/h3-9H,1-2H3;8H,3-6H2,1-2H3. The molecule has 0 amide bonds. The number of aromatic nitrogens is 4. The Bertz CT molecular complexity index is 1220. The first kappa shape index (κ1) is 23.3. The molecule has 3 heterocycles. The third kappa shape index (κ3) is 5.26. The van der Waals surface area contributed by atoms with E-state index in [0.717, 1.165) is 40.7 Å². The summed E-state index contributed by atoms with van der Waals surface area (Å²) in [6.07, 6.45) is 8.86. The Morgan fingerprint density at radius 2 is 2.00 bits per heavy atom. The summed E-state index contributed by atoms with van der Waals surface area (Å²) >= 11 is 0. The van der Waals surface area contributed by atoms with Gasteiger partial charge in [-0.25, -0.2) is 13.9 Å². The number of hydrogen-bond acceptors (Lipinski definition) is 6. The van der Waals surface area contributed by atoms with Crippen molar-refractivity contribution in [2.45, 2.75) is 33.6 Å². The van der Waals surface area contributed by atoms with Gasteiger partial charge in [0.2, 0.25) is 0 Å². The van der Waals surface area contributed by atoms with E-state index in [9.17, 15) is 9.18 Å². The molecule has 0 atom stereocenters. The summed E-state index contributed by atoms with van der Waals surface area (Å²) in [5.74, 6) is 0.0498. The lowest BCUT2D eigenvalue weighted by molar-refractivity contribution is -0.117. The molecule has 0 unspecified atom stereocenters. The second-order valence-electron chi connectivity index (χ2n) is 7.39. The van der Waals surface area contributed by atoms with Crippen molar-refractivity contribution in [2.24, 2.45) is 0 Å². The van der Waals surface area contributed by atoms with Gasteiger partial charge in [-0.3, -0.25) is 9.78 Å². The van der Waals surface area contributed by atoms with Crippen molar-refractivity contribution in [3.63, 3.8) is 0 Å². The first-order chi connectivity index (χ1) is 15.5. The van der Waals surface area contributed by atoms with Crippen LogP contribution in [0.1, 0.15) is 32.3 Å². The molecule has 0 spiro atoms. The number of ether oxygens (including phenoxy) is 1. The Labute approximate surface area is 186 Å². The molecule has 4 rings (SSSR count). The number of aryl methyl sites for hydroxylation is 1. The van der Waals surface area contributed by atoms with Crippen molar-refractivity contribution in [2.75, 3.05) is 20.2 Å². The normalized spacial score (nSPS) is 10.8. The van der Waals surface area contributed by atoms with Crippen LogP contribution in [0, 0.1) is 12.7 Å². The monoisotopic (exact) mass is 437 g/mol. The minimum absolute atomic E-state index is 0.187. The molecule has 0 saturated heterocycles. The van der Waals surface area contributed by atoms with E-state index in [0.29, 0.717) is 24.3 Å². The Hall–Kier alpha value is -3.39. The Morgan fingerprint density at radius 3 is 2.72 bits per heavy atom. The minimum atomic E-state index is -0.432.